The van der Waals surface area contributed by atoms with Gasteiger partial charge in [-0.2, -0.15) is 4.31 Å². The lowest BCUT2D eigenvalue weighted by Crippen LogP contribution is -2.30. The maximum absolute atomic E-state index is 12.9. The van der Waals surface area contributed by atoms with Crippen molar-refractivity contribution in [2.45, 2.75) is 65.3 Å². The Morgan fingerprint density at radius 2 is 1.82 bits per heavy atom. The molecule has 33 heavy (non-hydrogen) atoms. The topological polar surface area (TPSA) is 84.3 Å². The van der Waals surface area contributed by atoms with Gasteiger partial charge in [0.15, 0.2) is 0 Å². The molecule has 1 N–H and O–H groups in total. The van der Waals surface area contributed by atoms with E-state index >= 15 is 0 Å². The van der Waals surface area contributed by atoms with Crippen LogP contribution in [-0.4, -0.2) is 41.3 Å². The number of aryl methyl sites for hydroxylation is 4. The predicted molar refractivity (Wildman–Crippen MR) is 133 cm³/mol. The number of nitrogens with one attached hydrogen (secondary N) is 1. The second-order valence-corrected chi connectivity index (χ2v) is 9.96. The van der Waals surface area contributed by atoms with Gasteiger partial charge in [0.1, 0.15) is 5.82 Å². The summed E-state index contributed by atoms with van der Waals surface area (Å²) < 4.78 is 29.3. The van der Waals surface area contributed by atoms with E-state index in [-0.39, 0.29) is 10.8 Å². The quantitative estimate of drug-likeness (QED) is 0.472. The molecule has 0 atom stereocenters. The number of fused-ring (bicyclic) bond motifs is 1. The number of nitrogens with zero attached hydrogens (tertiary/aromatic N) is 3. The molecule has 8 heteroatoms. The van der Waals surface area contributed by atoms with Gasteiger partial charge in [0.2, 0.25) is 15.9 Å². The van der Waals surface area contributed by atoms with Gasteiger partial charge in [0.05, 0.1) is 15.9 Å². The first-order chi connectivity index (χ1) is 15.8. The largest absolute Gasteiger partial charge is 0.328 e. The molecular formula is C25H34N4O3S. The van der Waals surface area contributed by atoms with E-state index in [0.717, 1.165) is 34.6 Å². The van der Waals surface area contributed by atoms with Gasteiger partial charge < -0.3 is 9.88 Å². The van der Waals surface area contributed by atoms with Crippen LogP contribution in [0.25, 0.3) is 11.0 Å². The van der Waals surface area contributed by atoms with E-state index in [4.69, 9.17) is 4.98 Å². The van der Waals surface area contributed by atoms with Crippen LogP contribution in [0.4, 0.5) is 5.69 Å². The highest BCUT2D eigenvalue weighted by atomic mass is 32.2. The standard InChI is InChI=1S/C25H34N4O3S/c1-6-19-12-10-11-18(5)25(19)27-24(30)16-15-23-26-21-17-20(13-14-22(21)29(23)9-4)33(31,32)28(7-2)8-3/h10-14,17H,6-9,15-16H2,1-5H3,(H,27,30). The third-order valence-electron chi connectivity index (χ3n) is 6.04. The summed E-state index contributed by atoms with van der Waals surface area (Å²) in [6.07, 6.45) is 1.62. The molecule has 0 aliphatic rings. The second kappa shape index (κ2) is 10.5. The Labute approximate surface area is 196 Å². The molecule has 1 amide bonds. The fraction of sp³-hybridized carbons (Fsp3) is 0.440. The fourth-order valence-electron chi connectivity index (χ4n) is 4.21. The molecule has 0 fully saturated rings. The summed E-state index contributed by atoms with van der Waals surface area (Å²) >= 11 is 0. The number of para-hydroxylation sites is 1. The van der Waals surface area contributed by atoms with E-state index in [2.05, 4.69) is 12.2 Å². The molecule has 0 saturated heterocycles. The predicted octanol–water partition coefficient (Wildman–Crippen LogP) is 4.53. The summed E-state index contributed by atoms with van der Waals surface area (Å²) in [6, 6.07) is 11.1. The normalized spacial score (nSPS) is 11.9. The van der Waals surface area contributed by atoms with Crippen LogP contribution < -0.4 is 5.32 Å². The molecule has 0 saturated carbocycles. The van der Waals surface area contributed by atoms with Crippen LogP contribution >= 0.6 is 0 Å². The van der Waals surface area contributed by atoms with Crippen molar-refractivity contribution in [3.05, 3.63) is 53.3 Å². The van der Waals surface area contributed by atoms with E-state index in [9.17, 15) is 13.2 Å². The van der Waals surface area contributed by atoms with E-state index < -0.39 is 10.0 Å². The molecule has 3 rings (SSSR count). The maximum atomic E-state index is 12.9. The molecule has 0 aliphatic heterocycles. The Morgan fingerprint density at radius 3 is 2.45 bits per heavy atom. The van der Waals surface area contributed by atoms with Crippen molar-refractivity contribution in [3.8, 4) is 0 Å². The Morgan fingerprint density at radius 1 is 1.09 bits per heavy atom. The minimum atomic E-state index is -3.55. The molecule has 0 aliphatic carbocycles. The maximum Gasteiger partial charge on any atom is 0.243 e. The summed E-state index contributed by atoms with van der Waals surface area (Å²) in [5, 5.41) is 3.06. The highest BCUT2D eigenvalue weighted by Crippen LogP contribution is 2.24. The summed E-state index contributed by atoms with van der Waals surface area (Å²) in [4.78, 5) is 17.7. The molecule has 2 aromatic carbocycles. The van der Waals surface area contributed by atoms with Crippen LogP contribution in [0.15, 0.2) is 41.3 Å². The third-order valence-corrected chi connectivity index (χ3v) is 8.08. The fourth-order valence-corrected chi connectivity index (χ4v) is 5.68. The van der Waals surface area contributed by atoms with Crippen molar-refractivity contribution in [1.29, 1.82) is 0 Å². The van der Waals surface area contributed by atoms with Gasteiger partial charge in [-0.1, -0.05) is 39.0 Å². The highest BCUT2D eigenvalue weighted by Gasteiger charge is 2.23. The molecule has 0 bridgehead atoms. The lowest BCUT2D eigenvalue weighted by Gasteiger charge is -2.18. The number of carbonyl (C=O) groups is 1. The molecule has 178 valence electrons. The molecule has 1 heterocycles. The van der Waals surface area contributed by atoms with E-state index in [0.29, 0.717) is 38.0 Å². The first-order valence-corrected chi connectivity index (χ1v) is 13.1. The van der Waals surface area contributed by atoms with Gasteiger partial charge in [0, 0.05) is 38.2 Å². The van der Waals surface area contributed by atoms with Crippen molar-refractivity contribution in [2.24, 2.45) is 0 Å². The van der Waals surface area contributed by atoms with Crippen LogP contribution in [0, 0.1) is 6.92 Å². The lowest BCUT2D eigenvalue weighted by atomic mass is 10.1. The van der Waals surface area contributed by atoms with Crippen LogP contribution in [0.5, 0.6) is 0 Å². The summed E-state index contributed by atoms with van der Waals surface area (Å²) in [7, 11) is -3.55. The number of carbonyl (C=O) groups excluding carboxylic acids is 1. The minimum Gasteiger partial charge on any atom is -0.328 e. The molecule has 3 aromatic rings. The van der Waals surface area contributed by atoms with E-state index in [1.807, 2.05) is 56.5 Å². The number of amides is 1. The number of aromatic nitrogens is 2. The lowest BCUT2D eigenvalue weighted by molar-refractivity contribution is -0.116. The molecule has 1 aromatic heterocycles. The van der Waals surface area contributed by atoms with Crippen molar-refractivity contribution in [1.82, 2.24) is 13.9 Å². The Bertz CT molecular complexity index is 1240. The highest BCUT2D eigenvalue weighted by molar-refractivity contribution is 7.89. The SMILES string of the molecule is CCc1cccc(C)c1NC(=O)CCc1nc2cc(S(=O)(=O)N(CC)CC)ccc2n1CC. The summed E-state index contributed by atoms with van der Waals surface area (Å²) in [5.41, 5.74) is 4.56. The number of imidazole rings is 1. The number of hydrogen-bond donors (Lipinski definition) is 1. The van der Waals surface area contributed by atoms with Gasteiger partial charge in [-0.05, 0) is 49.6 Å². The number of benzene rings is 2. The number of hydrogen-bond acceptors (Lipinski definition) is 4. The zero-order valence-corrected chi connectivity index (χ0v) is 21.0. The second-order valence-electron chi connectivity index (χ2n) is 8.02. The molecule has 0 radical (unpaired) electrons. The van der Waals surface area contributed by atoms with Gasteiger partial charge in [-0.3, -0.25) is 4.79 Å². The Balaban J connectivity index is 1.83. The Kier molecular flexibility index (Phi) is 7.92. The van der Waals surface area contributed by atoms with Gasteiger partial charge in [-0.25, -0.2) is 13.4 Å². The van der Waals surface area contributed by atoms with Crippen LogP contribution in [0.3, 0.4) is 0 Å². The summed E-state index contributed by atoms with van der Waals surface area (Å²) in [5.74, 6) is 0.721. The number of anilines is 1. The van der Waals surface area contributed by atoms with E-state index in [1.165, 1.54) is 4.31 Å². The van der Waals surface area contributed by atoms with Crippen molar-refractivity contribution in [3.63, 3.8) is 0 Å². The average molecular weight is 471 g/mol. The van der Waals surface area contributed by atoms with Crippen molar-refractivity contribution < 1.29 is 13.2 Å². The van der Waals surface area contributed by atoms with Gasteiger partial charge in [-0.15, -0.1) is 0 Å². The third kappa shape index (κ3) is 5.12. The molecule has 0 spiro atoms. The van der Waals surface area contributed by atoms with Gasteiger partial charge >= 0.3 is 0 Å². The monoisotopic (exact) mass is 470 g/mol. The van der Waals surface area contributed by atoms with Gasteiger partial charge in [0.25, 0.3) is 0 Å². The van der Waals surface area contributed by atoms with Crippen molar-refractivity contribution in [2.75, 3.05) is 18.4 Å². The molecule has 7 nitrogen and oxygen atoms in total. The van der Waals surface area contributed by atoms with Crippen LogP contribution in [-0.2, 0) is 34.2 Å². The first-order valence-electron chi connectivity index (χ1n) is 11.6. The van der Waals surface area contributed by atoms with Crippen LogP contribution in [0.1, 0.15) is 51.1 Å². The van der Waals surface area contributed by atoms with Crippen molar-refractivity contribution >= 4 is 32.7 Å². The first kappa shape index (κ1) is 24.9. The zero-order chi connectivity index (χ0) is 24.2. The minimum absolute atomic E-state index is 0.0569. The Hall–Kier alpha value is -2.71. The van der Waals surface area contributed by atoms with E-state index in [1.54, 1.807) is 12.1 Å². The average Bonchev–Trinajstić information content (AvgIpc) is 3.16. The molecule has 0 unspecified atom stereocenters. The number of sulfonamides is 1. The molecular weight excluding hydrogens is 436 g/mol. The zero-order valence-electron chi connectivity index (χ0n) is 20.2. The van der Waals surface area contributed by atoms with Crippen LogP contribution in [0.2, 0.25) is 0 Å². The number of rotatable bonds is 10. The smallest absolute Gasteiger partial charge is 0.243 e. The summed E-state index contributed by atoms with van der Waals surface area (Å²) in [6.45, 7) is 11.3.